The molecule has 1 amide bonds. The maximum atomic E-state index is 12.8. The number of aromatic nitrogens is 2. The highest BCUT2D eigenvalue weighted by Gasteiger charge is 2.22. The van der Waals surface area contributed by atoms with Gasteiger partial charge >= 0.3 is 0 Å². The highest BCUT2D eigenvalue weighted by molar-refractivity contribution is 5.94. The summed E-state index contributed by atoms with van der Waals surface area (Å²) in [5, 5.41) is 4.45. The van der Waals surface area contributed by atoms with Gasteiger partial charge in [0.15, 0.2) is 0 Å². The zero-order valence-corrected chi connectivity index (χ0v) is 16.3. The van der Waals surface area contributed by atoms with Crippen LogP contribution in [0.25, 0.3) is 11.1 Å². The Hall–Kier alpha value is -3.08. The summed E-state index contributed by atoms with van der Waals surface area (Å²) in [6.45, 7) is 1.54. The molecule has 5 heteroatoms. The highest BCUT2D eigenvalue weighted by Crippen LogP contribution is 2.31. The van der Waals surface area contributed by atoms with Gasteiger partial charge in [0, 0.05) is 37.5 Å². The fraction of sp³-hybridized carbons (Fsp3) is 0.304. The third-order valence-electron chi connectivity index (χ3n) is 5.14. The van der Waals surface area contributed by atoms with Gasteiger partial charge in [-0.15, -0.1) is 0 Å². The van der Waals surface area contributed by atoms with Gasteiger partial charge in [-0.05, 0) is 54.2 Å². The fourth-order valence-corrected chi connectivity index (χ4v) is 3.32. The Labute approximate surface area is 165 Å². The molecule has 0 bridgehead atoms. The molecule has 144 valence electrons. The van der Waals surface area contributed by atoms with Gasteiger partial charge in [0.2, 0.25) is 0 Å². The number of carbonyl (C=O) groups is 1. The Morgan fingerprint density at radius 3 is 2.68 bits per heavy atom. The van der Waals surface area contributed by atoms with Crippen LogP contribution in [0, 0.1) is 5.92 Å². The summed E-state index contributed by atoms with van der Waals surface area (Å²) in [6.07, 6.45) is 6.61. The van der Waals surface area contributed by atoms with Crippen molar-refractivity contribution in [1.82, 2.24) is 14.7 Å². The molecule has 0 N–H and O–H groups in total. The van der Waals surface area contributed by atoms with Crippen molar-refractivity contribution in [2.75, 3.05) is 14.2 Å². The Morgan fingerprint density at radius 1 is 1.18 bits per heavy atom. The first kappa shape index (κ1) is 18.3. The Morgan fingerprint density at radius 2 is 1.96 bits per heavy atom. The summed E-state index contributed by atoms with van der Waals surface area (Å²) in [7, 11) is 3.46. The van der Waals surface area contributed by atoms with Crippen LogP contribution in [0.2, 0.25) is 0 Å². The number of hydrogen-bond acceptors (Lipinski definition) is 3. The minimum absolute atomic E-state index is 0.00111. The lowest BCUT2D eigenvalue weighted by atomic mass is 10.1. The number of methoxy groups -OCH3 is 1. The van der Waals surface area contributed by atoms with E-state index < -0.39 is 0 Å². The zero-order chi connectivity index (χ0) is 19.5. The molecule has 4 rings (SSSR count). The molecule has 0 spiro atoms. The molecule has 5 nitrogen and oxygen atoms in total. The van der Waals surface area contributed by atoms with Crippen molar-refractivity contribution in [1.29, 1.82) is 0 Å². The van der Waals surface area contributed by atoms with Crippen LogP contribution < -0.4 is 4.74 Å². The van der Waals surface area contributed by atoms with E-state index in [4.69, 9.17) is 4.74 Å². The number of rotatable bonds is 7. The number of amides is 1. The molecule has 2 aromatic carbocycles. The second kappa shape index (κ2) is 7.89. The molecule has 0 aliphatic heterocycles. The topological polar surface area (TPSA) is 47.4 Å². The summed E-state index contributed by atoms with van der Waals surface area (Å²) in [5.41, 5.74) is 3.88. The van der Waals surface area contributed by atoms with E-state index in [0.29, 0.717) is 12.1 Å². The molecule has 1 aliphatic carbocycles. The molecule has 1 fully saturated rings. The van der Waals surface area contributed by atoms with Gasteiger partial charge in [-0.25, -0.2) is 0 Å². The van der Waals surface area contributed by atoms with Crippen LogP contribution in [0.1, 0.15) is 28.8 Å². The molecule has 1 aromatic heterocycles. The molecule has 1 saturated carbocycles. The maximum Gasteiger partial charge on any atom is 0.253 e. The molecule has 0 saturated heterocycles. The van der Waals surface area contributed by atoms with Crippen molar-refractivity contribution >= 4 is 5.91 Å². The van der Waals surface area contributed by atoms with E-state index in [0.717, 1.165) is 34.9 Å². The van der Waals surface area contributed by atoms with E-state index in [1.807, 2.05) is 66.5 Å². The average molecular weight is 375 g/mol. The van der Waals surface area contributed by atoms with Gasteiger partial charge in [-0.2, -0.15) is 5.10 Å². The normalized spacial score (nSPS) is 13.4. The maximum absolute atomic E-state index is 12.8. The molecule has 1 heterocycles. The molecule has 28 heavy (non-hydrogen) atoms. The minimum atomic E-state index is -0.00111. The summed E-state index contributed by atoms with van der Waals surface area (Å²) in [4.78, 5) is 14.5. The number of benzene rings is 2. The van der Waals surface area contributed by atoms with Crippen LogP contribution in [0.5, 0.6) is 5.75 Å². The number of hydrogen-bond donors (Lipinski definition) is 0. The van der Waals surface area contributed by atoms with E-state index in [1.165, 1.54) is 12.8 Å². The monoisotopic (exact) mass is 375 g/mol. The van der Waals surface area contributed by atoms with Crippen molar-refractivity contribution < 1.29 is 9.53 Å². The first-order chi connectivity index (χ1) is 13.6. The Kier molecular flexibility index (Phi) is 5.15. The van der Waals surface area contributed by atoms with Gasteiger partial charge in [0.05, 0.1) is 13.3 Å². The van der Waals surface area contributed by atoms with E-state index in [-0.39, 0.29) is 5.91 Å². The van der Waals surface area contributed by atoms with Crippen molar-refractivity contribution in [2.24, 2.45) is 5.92 Å². The number of ether oxygens (including phenoxy) is 1. The first-order valence-corrected chi connectivity index (χ1v) is 9.63. The molecule has 0 radical (unpaired) electrons. The first-order valence-electron chi connectivity index (χ1n) is 9.63. The summed E-state index contributed by atoms with van der Waals surface area (Å²) >= 11 is 0. The fourth-order valence-electron chi connectivity index (χ4n) is 3.32. The van der Waals surface area contributed by atoms with Crippen LogP contribution in [-0.2, 0) is 13.1 Å². The van der Waals surface area contributed by atoms with E-state index >= 15 is 0 Å². The van der Waals surface area contributed by atoms with Crippen molar-refractivity contribution in [2.45, 2.75) is 25.9 Å². The van der Waals surface area contributed by atoms with Crippen LogP contribution >= 0.6 is 0 Å². The SMILES string of the molecule is COc1cccc(CN(C)C(=O)c2ccc(-c3cnn(CC4CC4)c3)cc2)c1. The van der Waals surface area contributed by atoms with Crippen LogP contribution in [0.3, 0.4) is 0 Å². The molecular formula is C23H25N3O2. The van der Waals surface area contributed by atoms with Gasteiger partial charge in [-0.1, -0.05) is 24.3 Å². The highest BCUT2D eigenvalue weighted by atomic mass is 16.5. The zero-order valence-electron chi connectivity index (χ0n) is 16.3. The van der Waals surface area contributed by atoms with Crippen LogP contribution in [-0.4, -0.2) is 34.7 Å². The predicted molar refractivity (Wildman–Crippen MR) is 109 cm³/mol. The second-order valence-corrected chi connectivity index (χ2v) is 7.48. The second-order valence-electron chi connectivity index (χ2n) is 7.48. The molecule has 0 atom stereocenters. The Bertz CT molecular complexity index is 958. The van der Waals surface area contributed by atoms with Gasteiger partial charge < -0.3 is 9.64 Å². The standard InChI is InChI=1S/C23H25N3O2/c1-25(14-18-4-3-5-22(12-18)28-2)23(27)20-10-8-19(9-11-20)21-13-24-26(16-21)15-17-6-7-17/h3-5,8-13,16-17H,6-7,14-15H2,1-2H3. The van der Waals surface area contributed by atoms with Crippen LogP contribution in [0.15, 0.2) is 60.9 Å². The third-order valence-corrected chi connectivity index (χ3v) is 5.14. The van der Waals surface area contributed by atoms with Crippen molar-refractivity contribution in [3.05, 3.63) is 72.1 Å². The predicted octanol–water partition coefficient (Wildman–Crippen LogP) is 4.24. The largest absolute Gasteiger partial charge is 0.497 e. The van der Waals surface area contributed by atoms with Gasteiger partial charge in [0.1, 0.15) is 5.75 Å². The third kappa shape index (κ3) is 4.25. The lowest BCUT2D eigenvalue weighted by molar-refractivity contribution is 0.0785. The van der Waals surface area contributed by atoms with Gasteiger partial charge in [0.25, 0.3) is 5.91 Å². The summed E-state index contributed by atoms with van der Waals surface area (Å²) in [6, 6.07) is 15.5. The number of nitrogens with zero attached hydrogens (tertiary/aromatic N) is 3. The molecular weight excluding hydrogens is 350 g/mol. The molecule has 3 aromatic rings. The molecule has 1 aliphatic rings. The number of carbonyl (C=O) groups excluding carboxylic acids is 1. The molecule has 0 unspecified atom stereocenters. The lowest BCUT2D eigenvalue weighted by Crippen LogP contribution is -2.26. The van der Waals surface area contributed by atoms with Gasteiger partial charge in [-0.3, -0.25) is 9.48 Å². The smallest absolute Gasteiger partial charge is 0.253 e. The van der Waals surface area contributed by atoms with E-state index in [2.05, 4.69) is 11.3 Å². The minimum Gasteiger partial charge on any atom is -0.497 e. The summed E-state index contributed by atoms with van der Waals surface area (Å²) < 4.78 is 7.27. The van der Waals surface area contributed by atoms with Crippen LogP contribution in [0.4, 0.5) is 0 Å². The quantitative estimate of drug-likeness (QED) is 0.620. The summed E-state index contributed by atoms with van der Waals surface area (Å²) in [5.74, 6) is 1.59. The average Bonchev–Trinajstić information content (AvgIpc) is 3.42. The Balaban J connectivity index is 1.42. The van der Waals surface area contributed by atoms with Crippen molar-refractivity contribution in [3.8, 4) is 16.9 Å². The van der Waals surface area contributed by atoms with E-state index in [1.54, 1.807) is 12.0 Å². The lowest BCUT2D eigenvalue weighted by Gasteiger charge is -2.18. The van der Waals surface area contributed by atoms with Crippen molar-refractivity contribution in [3.63, 3.8) is 0 Å². The van der Waals surface area contributed by atoms with E-state index in [9.17, 15) is 4.79 Å².